The van der Waals surface area contributed by atoms with Gasteiger partial charge in [-0.15, -0.1) is 0 Å². The molecule has 4 nitrogen and oxygen atoms in total. The highest BCUT2D eigenvalue weighted by Crippen LogP contribution is 2.20. The van der Waals surface area contributed by atoms with Gasteiger partial charge >= 0.3 is 0 Å². The predicted molar refractivity (Wildman–Crippen MR) is 60.7 cm³/mol. The minimum atomic E-state index is -0.171. The molecule has 1 heterocycles. The lowest BCUT2D eigenvalue weighted by molar-refractivity contribution is 0.000696. The molecule has 80 valence electrons. The van der Waals surface area contributed by atoms with Crippen molar-refractivity contribution >= 4 is 21.5 Å². The molecule has 0 saturated heterocycles. The van der Waals surface area contributed by atoms with Crippen molar-refractivity contribution in [3.63, 3.8) is 0 Å². The van der Waals surface area contributed by atoms with Crippen LogP contribution in [0, 0.1) is 0 Å². The molecule has 0 fully saturated rings. The van der Waals surface area contributed by atoms with E-state index in [9.17, 15) is 0 Å². The molecule has 1 aromatic heterocycles. The van der Waals surface area contributed by atoms with Crippen molar-refractivity contribution in [2.45, 2.75) is 26.4 Å². The number of thiazole rings is 1. The Morgan fingerprint density at radius 3 is 2.86 bits per heavy atom. The minimum absolute atomic E-state index is 0.171. The van der Waals surface area contributed by atoms with E-state index in [2.05, 4.69) is 10.3 Å². The van der Waals surface area contributed by atoms with Crippen molar-refractivity contribution in [2.24, 2.45) is 0 Å². The van der Waals surface area contributed by atoms with Gasteiger partial charge in [0.2, 0.25) is 0 Å². The zero-order chi connectivity index (χ0) is 10.6. The lowest BCUT2D eigenvalue weighted by Crippen LogP contribution is -2.33. The number of nitrogens with one attached hydrogen (secondary N) is 1. The summed E-state index contributed by atoms with van der Waals surface area (Å²) in [5, 5.41) is 4.76. The molecule has 0 saturated carbocycles. The van der Waals surface area contributed by atoms with E-state index in [0.717, 1.165) is 16.7 Å². The molecule has 14 heavy (non-hydrogen) atoms. The summed E-state index contributed by atoms with van der Waals surface area (Å²) >= 11 is 1.45. The van der Waals surface area contributed by atoms with Gasteiger partial charge in [0.25, 0.3) is 0 Å². The predicted octanol–water partition coefficient (Wildman–Crippen LogP) is 1.95. The number of hydrogen-bond donors (Lipinski definition) is 2. The number of rotatable bonds is 5. The highest BCUT2D eigenvalue weighted by atomic mass is 32.1. The van der Waals surface area contributed by atoms with Crippen LogP contribution in [0.3, 0.4) is 0 Å². The molecule has 0 spiro atoms. The quantitative estimate of drug-likeness (QED) is 0.788. The topological polar surface area (TPSA) is 60.2 Å². The Morgan fingerprint density at radius 1 is 1.64 bits per heavy atom. The third-order valence-corrected chi connectivity index (χ3v) is 2.51. The summed E-state index contributed by atoms with van der Waals surface area (Å²) < 4.78 is 5.54. The van der Waals surface area contributed by atoms with Gasteiger partial charge < -0.3 is 15.8 Å². The number of aromatic nitrogens is 1. The molecule has 5 heteroatoms. The number of nitrogens with zero attached hydrogens (tertiary/aromatic N) is 1. The third-order valence-electron chi connectivity index (χ3n) is 1.72. The van der Waals surface area contributed by atoms with E-state index >= 15 is 0 Å². The van der Waals surface area contributed by atoms with Crippen LogP contribution in [0.2, 0.25) is 0 Å². The molecule has 0 atom stereocenters. The highest BCUT2D eigenvalue weighted by molar-refractivity contribution is 7.19. The maximum atomic E-state index is 5.56. The van der Waals surface area contributed by atoms with E-state index in [1.807, 2.05) is 20.8 Å². The second-order valence-corrected chi connectivity index (χ2v) is 4.68. The van der Waals surface area contributed by atoms with E-state index in [1.165, 1.54) is 11.3 Å². The summed E-state index contributed by atoms with van der Waals surface area (Å²) in [7, 11) is 0. The lowest BCUT2D eigenvalue weighted by Gasteiger charge is -2.24. The summed E-state index contributed by atoms with van der Waals surface area (Å²) in [6.45, 7) is 7.52. The molecule has 1 rings (SSSR count). The monoisotopic (exact) mass is 215 g/mol. The van der Waals surface area contributed by atoms with Crippen LogP contribution in [0.25, 0.3) is 0 Å². The van der Waals surface area contributed by atoms with Gasteiger partial charge in [0.05, 0.1) is 11.8 Å². The van der Waals surface area contributed by atoms with Crippen molar-refractivity contribution < 1.29 is 4.74 Å². The number of nitrogen functional groups attached to an aromatic ring is 1. The fraction of sp³-hybridized carbons (Fsp3) is 0.667. The average Bonchev–Trinajstić information content (AvgIpc) is 2.48. The Bertz CT molecular complexity index is 285. The number of anilines is 2. The van der Waals surface area contributed by atoms with Gasteiger partial charge in [0.1, 0.15) is 5.00 Å². The fourth-order valence-electron chi connectivity index (χ4n) is 1.10. The van der Waals surface area contributed by atoms with E-state index in [-0.39, 0.29) is 5.60 Å². The van der Waals surface area contributed by atoms with Crippen LogP contribution < -0.4 is 11.1 Å². The van der Waals surface area contributed by atoms with Gasteiger partial charge in [0.15, 0.2) is 5.13 Å². The molecule has 0 radical (unpaired) electrons. The van der Waals surface area contributed by atoms with Crippen molar-refractivity contribution in [2.75, 3.05) is 24.2 Å². The van der Waals surface area contributed by atoms with Crippen LogP contribution in [0.1, 0.15) is 20.8 Å². The molecular formula is C9H17N3OS. The zero-order valence-corrected chi connectivity index (χ0v) is 9.65. The van der Waals surface area contributed by atoms with Gasteiger partial charge in [-0.25, -0.2) is 4.98 Å². The summed E-state index contributed by atoms with van der Waals surface area (Å²) in [5.41, 5.74) is 5.39. The SMILES string of the molecule is CCOC(C)(C)CNc1ncc(N)s1. The van der Waals surface area contributed by atoms with Crippen molar-refractivity contribution in [3.8, 4) is 0 Å². The molecule has 0 aliphatic carbocycles. The molecule has 1 aromatic rings. The molecular weight excluding hydrogens is 198 g/mol. The second-order valence-electron chi connectivity index (χ2n) is 3.61. The first-order valence-corrected chi connectivity index (χ1v) is 5.44. The van der Waals surface area contributed by atoms with E-state index in [0.29, 0.717) is 6.61 Å². The van der Waals surface area contributed by atoms with Crippen LogP contribution in [0.5, 0.6) is 0 Å². The van der Waals surface area contributed by atoms with Crippen LogP contribution in [-0.4, -0.2) is 23.7 Å². The normalized spacial score (nSPS) is 11.6. The van der Waals surface area contributed by atoms with Crippen molar-refractivity contribution in [1.82, 2.24) is 4.98 Å². The van der Waals surface area contributed by atoms with Gasteiger partial charge in [-0.1, -0.05) is 11.3 Å². The number of nitrogens with two attached hydrogens (primary N) is 1. The minimum Gasteiger partial charge on any atom is -0.389 e. The summed E-state index contributed by atoms with van der Waals surface area (Å²) in [4.78, 5) is 4.11. The first-order valence-electron chi connectivity index (χ1n) is 4.62. The number of ether oxygens (including phenoxy) is 1. The largest absolute Gasteiger partial charge is 0.389 e. The van der Waals surface area contributed by atoms with Gasteiger partial charge in [0, 0.05) is 13.2 Å². The van der Waals surface area contributed by atoms with Crippen molar-refractivity contribution in [3.05, 3.63) is 6.20 Å². The summed E-state index contributed by atoms with van der Waals surface area (Å²) in [6, 6.07) is 0. The summed E-state index contributed by atoms with van der Waals surface area (Å²) in [6.07, 6.45) is 1.65. The van der Waals surface area contributed by atoms with Crippen molar-refractivity contribution in [1.29, 1.82) is 0 Å². The molecule has 0 amide bonds. The van der Waals surface area contributed by atoms with Crippen LogP contribution in [0.4, 0.5) is 10.1 Å². The molecule has 0 aliphatic rings. The smallest absolute Gasteiger partial charge is 0.184 e. The Balaban J connectivity index is 2.40. The molecule has 0 aliphatic heterocycles. The van der Waals surface area contributed by atoms with Gasteiger partial charge in [-0.05, 0) is 20.8 Å². The fourth-order valence-corrected chi connectivity index (χ4v) is 1.68. The number of hydrogen-bond acceptors (Lipinski definition) is 5. The van der Waals surface area contributed by atoms with Gasteiger partial charge in [-0.2, -0.15) is 0 Å². The standard InChI is InChI=1S/C9H17N3OS/c1-4-13-9(2,3)6-12-8-11-5-7(10)14-8/h5H,4,6,10H2,1-3H3,(H,11,12). The van der Waals surface area contributed by atoms with E-state index < -0.39 is 0 Å². The van der Waals surface area contributed by atoms with Crippen LogP contribution in [-0.2, 0) is 4.74 Å². The molecule has 0 aromatic carbocycles. The average molecular weight is 215 g/mol. The van der Waals surface area contributed by atoms with E-state index in [1.54, 1.807) is 6.20 Å². The molecule has 0 bridgehead atoms. The first-order chi connectivity index (χ1) is 6.53. The third kappa shape index (κ3) is 3.51. The van der Waals surface area contributed by atoms with E-state index in [4.69, 9.17) is 10.5 Å². The zero-order valence-electron chi connectivity index (χ0n) is 8.83. The maximum absolute atomic E-state index is 5.56. The lowest BCUT2D eigenvalue weighted by atomic mass is 10.1. The first kappa shape index (κ1) is 11.3. The van der Waals surface area contributed by atoms with Gasteiger partial charge in [-0.3, -0.25) is 0 Å². The molecule has 3 N–H and O–H groups in total. The highest BCUT2D eigenvalue weighted by Gasteiger charge is 2.17. The van der Waals surface area contributed by atoms with Crippen LogP contribution >= 0.6 is 11.3 Å². The Labute approximate surface area is 88.5 Å². The summed E-state index contributed by atoms with van der Waals surface area (Å²) in [5.74, 6) is 0. The maximum Gasteiger partial charge on any atom is 0.184 e. The Morgan fingerprint density at radius 2 is 2.36 bits per heavy atom. The Hall–Kier alpha value is -0.810. The van der Waals surface area contributed by atoms with Crippen LogP contribution in [0.15, 0.2) is 6.20 Å². The second kappa shape index (κ2) is 4.61. The molecule has 0 unspecified atom stereocenters. The Kier molecular flexibility index (Phi) is 3.71.